The van der Waals surface area contributed by atoms with Gasteiger partial charge in [-0.05, 0) is 50.4 Å². The lowest BCUT2D eigenvalue weighted by molar-refractivity contribution is -0.191. The fraction of sp³-hybridized carbons (Fsp3) is 0.929. The van der Waals surface area contributed by atoms with Crippen LogP contribution < -0.4 is 0 Å². The minimum absolute atomic E-state index is 0.0138. The van der Waals surface area contributed by atoms with E-state index in [1.807, 2.05) is 0 Å². The van der Waals surface area contributed by atoms with Gasteiger partial charge in [0.25, 0.3) is 0 Å². The van der Waals surface area contributed by atoms with E-state index in [0.29, 0.717) is 29.6 Å². The first-order valence-corrected chi connectivity index (χ1v) is 6.58. The van der Waals surface area contributed by atoms with Crippen molar-refractivity contribution in [3.05, 3.63) is 0 Å². The van der Waals surface area contributed by atoms with Crippen molar-refractivity contribution in [1.29, 1.82) is 0 Å². The number of fused-ring (bicyclic) bond motifs is 1. The number of ketones is 1. The summed E-state index contributed by atoms with van der Waals surface area (Å²) in [5.41, 5.74) is 0.294. The Labute approximate surface area is 97.7 Å². The van der Waals surface area contributed by atoms with Crippen molar-refractivity contribution in [2.24, 2.45) is 23.2 Å². The van der Waals surface area contributed by atoms with Crippen LogP contribution in [0.2, 0.25) is 0 Å². The maximum atomic E-state index is 12.2. The molecule has 0 amide bonds. The van der Waals surface area contributed by atoms with E-state index in [0.717, 1.165) is 6.42 Å². The number of carbonyl (C=O) groups is 1. The first-order chi connectivity index (χ1) is 7.41. The molecule has 0 aromatic heterocycles. The second-order valence-corrected chi connectivity index (χ2v) is 6.99. The topological polar surface area (TPSA) is 26.3 Å². The van der Waals surface area contributed by atoms with Crippen LogP contribution in [0.4, 0.5) is 0 Å². The highest BCUT2D eigenvalue weighted by Gasteiger charge is 2.55. The SMILES string of the molecule is CC1(C)OC[C@H]2C(=O)C[C@@]3(C)CCC1[C@@H]2C3. The number of hydrogen-bond donors (Lipinski definition) is 0. The van der Waals surface area contributed by atoms with Gasteiger partial charge in [0.1, 0.15) is 5.78 Å². The summed E-state index contributed by atoms with van der Waals surface area (Å²) in [5.74, 6) is 1.89. The van der Waals surface area contributed by atoms with E-state index in [4.69, 9.17) is 4.74 Å². The first kappa shape index (κ1) is 10.8. The molecule has 1 unspecified atom stereocenters. The van der Waals surface area contributed by atoms with Gasteiger partial charge in [-0.25, -0.2) is 0 Å². The number of ether oxygens (including phenoxy) is 1. The Morgan fingerprint density at radius 2 is 2.06 bits per heavy atom. The third-order valence-corrected chi connectivity index (χ3v) is 5.36. The number of rotatable bonds is 0. The highest BCUT2D eigenvalue weighted by atomic mass is 16.5. The highest BCUT2D eigenvalue weighted by molar-refractivity contribution is 5.83. The summed E-state index contributed by atoms with van der Waals surface area (Å²) in [6.45, 7) is 7.38. The van der Waals surface area contributed by atoms with Crippen LogP contribution in [0.5, 0.6) is 0 Å². The van der Waals surface area contributed by atoms with Crippen LogP contribution in [0.3, 0.4) is 0 Å². The van der Waals surface area contributed by atoms with Crippen LogP contribution in [-0.2, 0) is 9.53 Å². The van der Waals surface area contributed by atoms with E-state index < -0.39 is 0 Å². The molecule has 0 radical (unpaired) electrons. The highest BCUT2D eigenvalue weighted by Crippen LogP contribution is 2.56. The zero-order chi connectivity index (χ0) is 11.6. The van der Waals surface area contributed by atoms with Crippen molar-refractivity contribution >= 4 is 5.78 Å². The van der Waals surface area contributed by atoms with Gasteiger partial charge in [-0.1, -0.05) is 6.92 Å². The number of hydrogen-bond acceptors (Lipinski definition) is 2. The van der Waals surface area contributed by atoms with Crippen molar-refractivity contribution in [2.45, 2.75) is 52.1 Å². The summed E-state index contributed by atoms with van der Waals surface area (Å²) in [5, 5.41) is 0. The average Bonchev–Trinajstić information content (AvgIpc) is 2.14. The molecule has 3 rings (SSSR count). The third-order valence-electron chi connectivity index (χ3n) is 5.36. The summed E-state index contributed by atoms with van der Waals surface area (Å²) in [6.07, 6.45) is 4.50. The molecule has 16 heavy (non-hydrogen) atoms. The van der Waals surface area contributed by atoms with Crippen molar-refractivity contribution in [2.75, 3.05) is 6.61 Å². The lowest BCUT2D eigenvalue weighted by Crippen LogP contribution is -2.57. The predicted octanol–water partition coefficient (Wildman–Crippen LogP) is 2.81. The Hall–Kier alpha value is -0.370. The Balaban J connectivity index is 1.96. The van der Waals surface area contributed by atoms with E-state index in [1.165, 1.54) is 19.3 Å². The lowest BCUT2D eigenvalue weighted by atomic mass is 9.52. The van der Waals surface area contributed by atoms with Crippen molar-refractivity contribution < 1.29 is 9.53 Å². The van der Waals surface area contributed by atoms with Crippen LogP contribution in [0.1, 0.15) is 46.5 Å². The Kier molecular flexibility index (Phi) is 2.08. The molecule has 2 saturated carbocycles. The summed E-state index contributed by atoms with van der Waals surface area (Å²) >= 11 is 0. The number of carbonyl (C=O) groups excluding carboxylic acids is 1. The molecule has 0 aromatic rings. The molecule has 0 aromatic carbocycles. The van der Waals surface area contributed by atoms with Crippen molar-refractivity contribution in [3.8, 4) is 0 Å². The molecule has 2 nitrogen and oxygen atoms in total. The molecule has 3 aliphatic rings. The molecule has 4 atom stereocenters. The zero-order valence-electron chi connectivity index (χ0n) is 10.6. The normalized spacial score (nSPS) is 50.2. The minimum atomic E-state index is -0.0138. The average molecular weight is 222 g/mol. The molecule has 90 valence electrons. The molecule has 1 aliphatic heterocycles. The molecular weight excluding hydrogens is 200 g/mol. The van der Waals surface area contributed by atoms with Crippen molar-refractivity contribution in [3.63, 3.8) is 0 Å². The number of Topliss-reactive ketones (excluding diaryl/α,β-unsaturated/α-hetero) is 1. The van der Waals surface area contributed by atoms with Crippen LogP contribution in [0.25, 0.3) is 0 Å². The monoisotopic (exact) mass is 222 g/mol. The second-order valence-electron chi connectivity index (χ2n) is 6.99. The van der Waals surface area contributed by atoms with Crippen LogP contribution >= 0.6 is 0 Å². The fourth-order valence-corrected chi connectivity index (χ4v) is 4.40. The minimum Gasteiger partial charge on any atom is -0.375 e. The van der Waals surface area contributed by atoms with Crippen LogP contribution in [0.15, 0.2) is 0 Å². The molecule has 2 aliphatic carbocycles. The molecule has 2 heteroatoms. The standard InChI is InChI=1S/C14H22O2/c1-13(2)11-4-5-14(3)6-9(11)10(8-16-13)12(15)7-14/h9-11H,4-8H2,1-3H3/t9-,10-,11?,14+/m1/s1. The van der Waals surface area contributed by atoms with Crippen molar-refractivity contribution in [1.82, 2.24) is 0 Å². The summed E-state index contributed by atoms with van der Waals surface area (Å²) in [7, 11) is 0. The van der Waals surface area contributed by atoms with Crippen LogP contribution in [0, 0.1) is 23.2 Å². The van der Waals surface area contributed by atoms with Crippen LogP contribution in [-0.4, -0.2) is 18.0 Å². The Morgan fingerprint density at radius 1 is 1.31 bits per heavy atom. The van der Waals surface area contributed by atoms with E-state index in [-0.39, 0.29) is 11.5 Å². The van der Waals surface area contributed by atoms with Gasteiger partial charge in [-0.3, -0.25) is 4.79 Å². The predicted molar refractivity (Wildman–Crippen MR) is 62.1 cm³/mol. The van der Waals surface area contributed by atoms with Gasteiger partial charge in [0.15, 0.2) is 0 Å². The smallest absolute Gasteiger partial charge is 0.139 e. The molecular formula is C14H22O2. The molecule has 3 fully saturated rings. The van der Waals surface area contributed by atoms with Gasteiger partial charge in [0.2, 0.25) is 0 Å². The zero-order valence-corrected chi connectivity index (χ0v) is 10.6. The van der Waals surface area contributed by atoms with Gasteiger partial charge < -0.3 is 4.74 Å². The third kappa shape index (κ3) is 1.38. The molecule has 2 bridgehead atoms. The van der Waals surface area contributed by atoms with Gasteiger partial charge in [-0.2, -0.15) is 0 Å². The maximum Gasteiger partial charge on any atom is 0.139 e. The van der Waals surface area contributed by atoms with Gasteiger partial charge >= 0.3 is 0 Å². The quantitative estimate of drug-likeness (QED) is 0.630. The summed E-state index contributed by atoms with van der Waals surface area (Å²) in [4.78, 5) is 12.2. The second kappa shape index (κ2) is 3.10. The molecule has 0 spiro atoms. The largest absolute Gasteiger partial charge is 0.375 e. The summed E-state index contributed by atoms with van der Waals surface area (Å²) in [6, 6.07) is 0. The first-order valence-electron chi connectivity index (χ1n) is 6.58. The lowest BCUT2D eigenvalue weighted by Gasteiger charge is -2.57. The van der Waals surface area contributed by atoms with Gasteiger partial charge in [0, 0.05) is 12.3 Å². The Bertz CT molecular complexity index is 334. The fourth-order valence-electron chi connectivity index (χ4n) is 4.40. The maximum absolute atomic E-state index is 12.2. The summed E-state index contributed by atoms with van der Waals surface area (Å²) < 4.78 is 5.95. The van der Waals surface area contributed by atoms with E-state index in [1.54, 1.807) is 0 Å². The molecule has 0 N–H and O–H groups in total. The van der Waals surface area contributed by atoms with Gasteiger partial charge in [-0.15, -0.1) is 0 Å². The molecule has 1 saturated heterocycles. The van der Waals surface area contributed by atoms with E-state index >= 15 is 0 Å². The Morgan fingerprint density at radius 3 is 2.81 bits per heavy atom. The van der Waals surface area contributed by atoms with E-state index in [9.17, 15) is 4.79 Å². The van der Waals surface area contributed by atoms with Gasteiger partial charge in [0.05, 0.1) is 12.2 Å². The van der Waals surface area contributed by atoms with E-state index in [2.05, 4.69) is 20.8 Å². The molecule has 1 heterocycles.